The van der Waals surface area contributed by atoms with Gasteiger partial charge < -0.3 is 15.9 Å². The SMILES string of the molecule is CCC(O)C(O)C1CCCCC1N. The lowest BCUT2D eigenvalue weighted by Gasteiger charge is -2.34. The molecule has 0 aliphatic heterocycles. The van der Waals surface area contributed by atoms with Gasteiger partial charge in [-0.05, 0) is 19.3 Å². The number of rotatable bonds is 3. The van der Waals surface area contributed by atoms with Gasteiger partial charge in [0.05, 0.1) is 12.2 Å². The van der Waals surface area contributed by atoms with Crippen LogP contribution in [0.25, 0.3) is 0 Å². The van der Waals surface area contributed by atoms with Crippen molar-refractivity contribution in [2.45, 2.75) is 57.3 Å². The van der Waals surface area contributed by atoms with Gasteiger partial charge in [-0.25, -0.2) is 0 Å². The zero-order valence-electron chi connectivity index (χ0n) is 8.32. The summed E-state index contributed by atoms with van der Waals surface area (Å²) in [6.45, 7) is 1.88. The maximum absolute atomic E-state index is 9.78. The van der Waals surface area contributed by atoms with E-state index in [2.05, 4.69) is 0 Å². The van der Waals surface area contributed by atoms with Crippen LogP contribution in [0, 0.1) is 5.92 Å². The van der Waals surface area contributed by atoms with E-state index >= 15 is 0 Å². The second-order valence-electron chi connectivity index (χ2n) is 4.08. The lowest BCUT2D eigenvalue weighted by molar-refractivity contribution is -0.0338. The van der Waals surface area contributed by atoms with Crippen molar-refractivity contribution in [3.63, 3.8) is 0 Å². The Hall–Kier alpha value is -0.120. The Bertz CT molecular complexity index is 152. The van der Waals surface area contributed by atoms with Crippen LogP contribution < -0.4 is 5.73 Å². The fraction of sp³-hybridized carbons (Fsp3) is 1.00. The largest absolute Gasteiger partial charge is 0.390 e. The fourth-order valence-electron chi connectivity index (χ4n) is 2.14. The van der Waals surface area contributed by atoms with Gasteiger partial charge in [-0.3, -0.25) is 0 Å². The lowest BCUT2D eigenvalue weighted by atomic mass is 9.79. The van der Waals surface area contributed by atoms with Crippen LogP contribution in [0.5, 0.6) is 0 Å². The quantitative estimate of drug-likeness (QED) is 0.607. The van der Waals surface area contributed by atoms with E-state index in [1.54, 1.807) is 0 Å². The van der Waals surface area contributed by atoms with Crippen molar-refractivity contribution in [3.05, 3.63) is 0 Å². The van der Waals surface area contributed by atoms with E-state index in [0.29, 0.717) is 6.42 Å². The predicted octanol–water partition coefficient (Wildman–Crippen LogP) is 0.636. The first-order valence-electron chi connectivity index (χ1n) is 5.28. The Morgan fingerprint density at radius 1 is 1.31 bits per heavy atom. The molecule has 4 unspecified atom stereocenters. The van der Waals surface area contributed by atoms with Crippen LogP contribution >= 0.6 is 0 Å². The zero-order valence-corrected chi connectivity index (χ0v) is 8.32. The van der Waals surface area contributed by atoms with Crippen molar-refractivity contribution in [3.8, 4) is 0 Å². The highest BCUT2D eigenvalue weighted by Crippen LogP contribution is 2.27. The summed E-state index contributed by atoms with van der Waals surface area (Å²) >= 11 is 0. The molecule has 0 amide bonds. The summed E-state index contributed by atoms with van der Waals surface area (Å²) in [5.41, 5.74) is 5.90. The summed E-state index contributed by atoms with van der Waals surface area (Å²) in [5, 5.41) is 19.3. The average molecular weight is 187 g/mol. The molecule has 0 radical (unpaired) electrons. The smallest absolute Gasteiger partial charge is 0.0841 e. The molecule has 3 heteroatoms. The van der Waals surface area contributed by atoms with Crippen LogP contribution in [0.3, 0.4) is 0 Å². The molecule has 1 rings (SSSR count). The number of hydrogen-bond donors (Lipinski definition) is 3. The third kappa shape index (κ3) is 2.66. The molecule has 0 heterocycles. The van der Waals surface area contributed by atoms with Crippen molar-refractivity contribution in [2.75, 3.05) is 0 Å². The third-order valence-electron chi connectivity index (χ3n) is 3.13. The summed E-state index contributed by atoms with van der Waals surface area (Å²) in [4.78, 5) is 0. The first-order valence-corrected chi connectivity index (χ1v) is 5.28. The molecule has 1 fully saturated rings. The Morgan fingerprint density at radius 3 is 2.46 bits per heavy atom. The van der Waals surface area contributed by atoms with Crippen molar-refractivity contribution in [2.24, 2.45) is 11.7 Å². The van der Waals surface area contributed by atoms with E-state index in [0.717, 1.165) is 25.7 Å². The van der Waals surface area contributed by atoms with Crippen LogP contribution in [-0.4, -0.2) is 28.5 Å². The van der Waals surface area contributed by atoms with Crippen molar-refractivity contribution in [1.29, 1.82) is 0 Å². The van der Waals surface area contributed by atoms with Gasteiger partial charge in [0.1, 0.15) is 0 Å². The molecule has 0 aromatic heterocycles. The molecule has 3 nitrogen and oxygen atoms in total. The van der Waals surface area contributed by atoms with Gasteiger partial charge in [0, 0.05) is 12.0 Å². The molecule has 1 aliphatic rings. The van der Waals surface area contributed by atoms with Gasteiger partial charge >= 0.3 is 0 Å². The van der Waals surface area contributed by atoms with E-state index < -0.39 is 12.2 Å². The molecule has 78 valence electrons. The molecule has 4 N–H and O–H groups in total. The summed E-state index contributed by atoms with van der Waals surface area (Å²) in [7, 11) is 0. The third-order valence-corrected chi connectivity index (χ3v) is 3.13. The minimum Gasteiger partial charge on any atom is -0.390 e. The Morgan fingerprint density at radius 2 is 1.92 bits per heavy atom. The van der Waals surface area contributed by atoms with Gasteiger partial charge in [-0.15, -0.1) is 0 Å². The van der Waals surface area contributed by atoms with Gasteiger partial charge in [0.2, 0.25) is 0 Å². The van der Waals surface area contributed by atoms with Gasteiger partial charge in [-0.1, -0.05) is 19.8 Å². The van der Waals surface area contributed by atoms with Crippen LogP contribution in [0.4, 0.5) is 0 Å². The number of nitrogens with two attached hydrogens (primary N) is 1. The van der Waals surface area contributed by atoms with E-state index in [9.17, 15) is 10.2 Å². The lowest BCUT2D eigenvalue weighted by Crippen LogP contribution is -2.45. The second kappa shape index (κ2) is 4.94. The molecule has 4 atom stereocenters. The highest BCUT2D eigenvalue weighted by molar-refractivity contribution is 4.86. The van der Waals surface area contributed by atoms with Gasteiger partial charge in [-0.2, -0.15) is 0 Å². The second-order valence-corrected chi connectivity index (χ2v) is 4.08. The first kappa shape index (κ1) is 11.0. The number of aliphatic hydroxyl groups excluding tert-OH is 2. The van der Waals surface area contributed by atoms with Gasteiger partial charge in [0.15, 0.2) is 0 Å². The molecule has 0 aromatic rings. The summed E-state index contributed by atoms with van der Waals surface area (Å²) < 4.78 is 0. The maximum atomic E-state index is 9.78. The van der Waals surface area contributed by atoms with Crippen molar-refractivity contribution < 1.29 is 10.2 Å². The van der Waals surface area contributed by atoms with Crippen molar-refractivity contribution in [1.82, 2.24) is 0 Å². The van der Waals surface area contributed by atoms with Crippen LogP contribution in [-0.2, 0) is 0 Å². The van der Waals surface area contributed by atoms with Crippen molar-refractivity contribution >= 4 is 0 Å². The monoisotopic (exact) mass is 187 g/mol. The molecule has 0 spiro atoms. The first-order chi connectivity index (χ1) is 6.16. The maximum Gasteiger partial charge on any atom is 0.0841 e. The fourth-order valence-corrected chi connectivity index (χ4v) is 2.14. The van der Waals surface area contributed by atoms with E-state index in [1.165, 1.54) is 0 Å². The highest BCUT2D eigenvalue weighted by atomic mass is 16.3. The summed E-state index contributed by atoms with van der Waals surface area (Å²) in [5.74, 6) is 0.101. The zero-order chi connectivity index (χ0) is 9.84. The molecule has 0 aromatic carbocycles. The van der Waals surface area contributed by atoms with Crippen LogP contribution in [0.2, 0.25) is 0 Å². The molecule has 0 bridgehead atoms. The predicted molar refractivity (Wildman–Crippen MR) is 52.2 cm³/mol. The Kier molecular flexibility index (Phi) is 4.16. The minimum absolute atomic E-state index is 0.0740. The average Bonchev–Trinajstić information content (AvgIpc) is 2.16. The number of aliphatic hydroxyl groups is 2. The molecule has 1 saturated carbocycles. The summed E-state index contributed by atoms with van der Waals surface area (Å²) in [6, 6.07) is 0.0740. The normalized spacial score (nSPS) is 34.2. The van der Waals surface area contributed by atoms with E-state index in [4.69, 9.17) is 5.73 Å². The summed E-state index contributed by atoms with van der Waals surface area (Å²) in [6.07, 6.45) is 3.61. The minimum atomic E-state index is -0.625. The molecule has 0 saturated heterocycles. The van der Waals surface area contributed by atoms with Crippen LogP contribution in [0.15, 0.2) is 0 Å². The Balaban J connectivity index is 2.47. The van der Waals surface area contributed by atoms with E-state index in [-0.39, 0.29) is 12.0 Å². The van der Waals surface area contributed by atoms with Crippen LogP contribution in [0.1, 0.15) is 39.0 Å². The molecular formula is C10H21NO2. The number of hydrogen-bond acceptors (Lipinski definition) is 3. The topological polar surface area (TPSA) is 66.5 Å². The highest BCUT2D eigenvalue weighted by Gasteiger charge is 2.31. The molecule has 13 heavy (non-hydrogen) atoms. The van der Waals surface area contributed by atoms with E-state index in [1.807, 2.05) is 6.92 Å². The Labute approximate surface area is 79.9 Å². The van der Waals surface area contributed by atoms with Gasteiger partial charge in [0.25, 0.3) is 0 Å². The standard InChI is InChI=1S/C10H21NO2/c1-2-9(12)10(13)7-5-3-4-6-8(7)11/h7-10,12-13H,2-6,11H2,1H3. The molecule has 1 aliphatic carbocycles. The molecular weight excluding hydrogens is 166 g/mol.